The van der Waals surface area contributed by atoms with Gasteiger partial charge in [0, 0.05) is 0 Å². The zero-order valence-corrected chi connectivity index (χ0v) is 10.7. The van der Waals surface area contributed by atoms with E-state index in [1.807, 2.05) is 12.3 Å². The molecule has 0 fully saturated rings. The molecule has 0 atom stereocenters. The first-order valence-electron chi connectivity index (χ1n) is 3.95. The van der Waals surface area contributed by atoms with E-state index in [0.717, 1.165) is 8.60 Å². The lowest BCUT2D eigenvalue weighted by Crippen LogP contribution is -2.03. The zero-order valence-electron chi connectivity index (χ0n) is 7.73. The van der Waals surface area contributed by atoms with Crippen molar-refractivity contribution in [2.45, 2.75) is 5.03 Å². The number of aromatic nitrogens is 3. The number of hydrogen-bond donors (Lipinski definition) is 1. The summed E-state index contributed by atoms with van der Waals surface area (Å²) in [6, 6.07) is 1.98. The maximum atomic E-state index is 8.79. The number of nitrogen functional groups attached to an aromatic ring is 1. The van der Waals surface area contributed by atoms with E-state index in [1.165, 1.54) is 22.5 Å². The molecule has 0 aliphatic rings. The quantitative estimate of drug-likeness (QED) is 0.633. The summed E-state index contributed by atoms with van der Waals surface area (Å²) in [5.74, 6) is 0.334. The molecule has 0 saturated carbocycles. The van der Waals surface area contributed by atoms with Gasteiger partial charge < -0.3 is 5.73 Å². The Morgan fingerprint density at radius 1 is 1.67 bits per heavy atom. The van der Waals surface area contributed by atoms with E-state index in [9.17, 15) is 0 Å². The van der Waals surface area contributed by atoms with Gasteiger partial charge in [0.25, 0.3) is 0 Å². The second kappa shape index (κ2) is 3.86. The fourth-order valence-corrected chi connectivity index (χ4v) is 2.74. The Labute approximate surface area is 104 Å². The molecule has 0 aliphatic heterocycles. The molecular formula is C8H6IN5S. The summed E-state index contributed by atoms with van der Waals surface area (Å²) in [5, 5.41) is 13.9. The molecule has 15 heavy (non-hydrogen) atoms. The predicted molar refractivity (Wildman–Crippen MR) is 66.6 cm³/mol. The first-order valence-corrected chi connectivity index (χ1v) is 6.26. The van der Waals surface area contributed by atoms with Crippen LogP contribution in [0.4, 0.5) is 5.82 Å². The van der Waals surface area contributed by atoms with Gasteiger partial charge in [-0.3, -0.25) is 0 Å². The summed E-state index contributed by atoms with van der Waals surface area (Å²) in [4.78, 5) is 4.16. The Kier molecular flexibility index (Phi) is 2.70. The zero-order chi connectivity index (χ0) is 11.0. The van der Waals surface area contributed by atoms with Crippen LogP contribution in [-0.4, -0.2) is 20.9 Å². The second-order valence-corrected chi connectivity index (χ2v) is 4.60. The van der Waals surface area contributed by atoms with Crippen LogP contribution in [0.2, 0.25) is 0 Å². The van der Waals surface area contributed by atoms with Crippen molar-refractivity contribution >= 4 is 45.8 Å². The molecule has 2 aromatic rings. The van der Waals surface area contributed by atoms with Crippen LogP contribution >= 0.6 is 34.4 Å². The summed E-state index contributed by atoms with van der Waals surface area (Å²) >= 11 is 3.69. The maximum absolute atomic E-state index is 8.79. The van der Waals surface area contributed by atoms with Gasteiger partial charge in [0.1, 0.15) is 22.5 Å². The molecule has 0 spiro atoms. The van der Waals surface area contributed by atoms with Crippen molar-refractivity contribution in [2.75, 3.05) is 12.0 Å². The highest BCUT2D eigenvalue weighted by Crippen LogP contribution is 2.25. The van der Waals surface area contributed by atoms with Crippen LogP contribution in [0.1, 0.15) is 5.56 Å². The fraction of sp³-hybridized carbons (Fsp3) is 0.125. The highest BCUT2D eigenvalue weighted by molar-refractivity contribution is 14.1. The van der Waals surface area contributed by atoms with Gasteiger partial charge in [0.05, 0.1) is 9.77 Å². The van der Waals surface area contributed by atoms with Gasteiger partial charge in [-0.1, -0.05) is 0 Å². The topological polar surface area (TPSA) is 80.0 Å². The average molecular weight is 331 g/mol. The van der Waals surface area contributed by atoms with Crippen LogP contribution in [0, 0.1) is 14.9 Å². The number of nitriles is 1. The van der Waals surface area contributed by atoms with Gasteiger partial charge in [-0.15, -0.1) is 11.8 Å². The molecule has 0 bridgehead atoms. The molecule has 7 heteroatoms. The van der Waals surface area contributed by atoms with Crippen molar-refractivity contribution in [3.8, 4) is 6.07 Å². The molecule has 0 aromatic carbocycles. The Bertz CT molecular complexity index is 570. The van der Waals surface area contributed by atoms with Crippen molar-refractivity contribution in [2.24, 2.45) is 0 Å². The molecular weight excluding hydrogens is 325 g/mol. The number of nitrogens with zero attached hydrogens (tertiary/aromatic N) is 4. The first kappa shape index (κ1) is 10.5. The van der Waals surface area contributed by atoms with Crippen molar-refractivity contribution in [3.05, 3.63) is 15.3 Å². The number of nitrogens with two attached hydrogens (primary N) is 1. The lowest BCUT2D eigenvalue weighted by Gasteiger charge is -1.98. The predicted octanol–water partition coefficient (Wildman–Crippen LogP) is 1.51. The molecule has 2 heterocycles. The standard InChI is InChI=1S/C8H6IN5S/c1-15-8-5(9)7-12-3-4(2-10)6(11)14(7)13-8/h3H,11H2,1H3. The van der Waals surface area contributed by atoms with Gasteiger partial charge in [-0.2, -0.15) is 14.9 Å². The number of hydrogen-bond acceptors (Lipinski definition) is 5. The van der Waals surface area contributed by atoms with E-state index in [4.69, 9.17) is 11.0 Å². The van der Waals surface area contributed by atoms with Crippen LogP contribution in [0.5, 0.6) is 0 Å². The third kappa shape index (κ3) is 1.53. The highest BCUT2D eigenvalue weighted by atomic mass is 127. The molecule has 0 amide bonds. The van der Waals surface area contributed by atoms with Crippen molar-refractivity contribution in [3.63, 3.8) is 0 Å². The van der Waals surface area contributed by atoms with Gasteiger partial charge in [-0.25, -0.2) is 4.98 Å². The van der Waals surface area contributed by atoms with Crippen LogP contribution in [0.3, 0.4) is 0 Å². The van der Waals surface area contributed by atoms with E-state index in [-0.39, 0.29) is 0 Å². The molecule has 0 radical (unpaired) electrons. The summed E-state index contributed by atoms with van der Waals surface area (Å²) in [6.45, 7) is 0. The number of thioether (sulfide) groups is 1. The summed E-state index contributed by atoms with van der Waals surface area (Å²) in [5.41, 5.74) is 6.82. The van der Waals surface area contributed by atoms with Crippen molar-refractivity contribution in [1.29, 1.82) is 5.26 Å². The van der Waals surface area contributed by atoms with Gasteiger partial charge in [-0.05, 0) is 28.8 Å². The fourth-order valence-electron chi connectivity index (χ4n) is 1.17. The lowest BCUT2D eigenvalue weighted by molar-refractivity contribution is 0.896. The smallest absolute Gasteiger partial charge is 0.172 e. The second-order valence-electron chi connectivity index (χ2n) is 2.73. The van der Waals surface area contributed by atoms with E-state index < -0.39 is 0 Å². The van der Waals surface area contributed by atoms with E-state index in [1.54, 1.807) is 0 Å². The first-order chi connectivity index (χ1) is 7.19. The van der Waals surface area contributed by atoms with Crippen LogP contribution in [-0.2, 0) is 0 Å². The van der Waals surface area contributed by atoms with Crippen molar-refractivity contribution < 1.29 is 0 Å². The number of rotatable bonds is 1. The van der Waals surface area contributed by atoms with Crippen molar-refractivity contribution in [1.82, 2.24) is 14.6 Å². The van der Waals surface area contributed by atoms with Crippen LogP contribution in [0.15, 0.2) is 11.2 Å². The summed E-state index contributed by atoms with van der Waals surface area (Å²) in [7, 11) is 0. The minimum Gasteiger partial charge on any atom is -0.382 e. The Balaban J connectivity index is 2.85. The molecule has 0 unspecified atom stereocenters. The normalized spacial score (nSPS) is 10.5. The minimum atomic E-state index is 0.334. The third-order valence-electron chi connectivity index (χ3n) is 1.91. The number of anilines is 1. The SMILES string of the molecule is CSc1nn2c(N)c(C#N)cnc2c1I. The molecule has 2 N–H and O–H groups in total. The molecule has 0 saturated heterocycles. The Morgan fingerprint density at radius 3 is 3.00 bits per heavy atom. The van der Waals surface area contributed by atoms with Gasteiger partial charge in [0.15, 0.2) is 5.65 Å². The lowest BCUT2D eigenvalue weighted by atomic mass is 10.3. The van der Waals surface area contributed by atoms with Crippen LogP contribution in [0.25, 0.3) is 5.65 Å². The number of fused-ring (bicyclic) bond motifs is 1. The Hall–Kier alpha value is -1.01. The molecule has 76 valence electrons. The van der Waals surface area contributed by atoms with Crippen LogP contribution < -0.4 is 5.73 Å². The molecule has 5 nitrogen and oxygen atoms in total. The van der Waals surface area contributed by atoms with E-state index in [0.29, 0.717) is 17.0 Å². The minimum absolute atomic E-state index is 0.334. The monoisotopic (exact) mass is 331 g/mol. The molecule has 0 aliphatic carbocycles. The average Bonchev–Trinajstić information content (AvgIpc) is 2.57. The Morgan fingerprint density at radius 2 is 2.40 bits per heavy atom. The third-order valence-corrected chi connectivity index (χ3v) is 3.94. The number of halogens is 1. The largest absolute Gasteiger partial charge is 0.382 e. The molecule has 2 rings (SSSR count). The maximum Gasteiger partial charge on any atom is 0.172 e. The van der Waals surface area contributed by atoms with Gasteiger partial charge >= 0.3 is 0 Å². The molecule has 2 aromatic heterocycles. The van der Waals surface area contributed by atoms with E-state index >= 15 is 0 Å². The van der Waals surface area contributed by atoms with E-state index in [2.05, 4.69) is 32.7 Å². The summed E-state index contributed by atoms with van der Waals surface area (Å²) < 4.78 is 2.46. The summed E-state index contributed by atoms with van der Waals surface area (Å²) in [6.07, 6.45) is 3.41. The highest BCUT2D eigenvalue weighted by Gasteiger charge is 2.14. The van der Waals surface area contributed by atoms with Gasteiger partial charge in [0.2, 0.25) is 0 Å².